The normalized spacial score (nSPS) is 12.2. The van der Waals surface area contributed by atoms with Gasteiger partial charge in [0.25, 0.3) is 0 Å². The van der Waals surface area contributed by atoms with Crippen LogP contribution in [-0.4, -0.2) is 0 Å². The van der Waals surface area contributed by atoms with Crippen LogP contribution in [0, 0.1) is 34.6 Å². The number of aryl methyl sites for hydroxylation is 5. The summed E-state index contributed by atoms with van der Waals surface area (Å²) < 4.78 is 0. The molecule has 0 amide bonds. The molecule has 11 rings (SSSR count). The number of benzene rings is 11. The summed E-state index contributed by atoms with van der Waals surface area (Å²) in [5.41, 5.74) is 21.1. The average Bonchev–Trinajstić information content (AvgIpc) is 3.35. The maximum absolute atomic E-state index is 2.44. The molecule has 0 atom stereocenters. The van der Waals surface area contributed by atoms with Crippen LogP contribution < -0.4 is 9.80 Å². The number of anilines is 6. The molecule has 11 aromatic rings. The van der Waals surface area contributed by atoms with Gasteiger partial charge in [-0.3, -0.25) is 0 Å². The molecule has 350 valence electrons. The van der Waals surface area contributed by atoms with Gasteiger partial charge in [-0.1, -0.05) is 186 Å². The van der Waals surface area contributed by atoms with Gasteiger partial charge in [-0.25, -0.2) is 0 Å². The monoisotopic (exact) mass is 921 g/mol. The quantitative estimate of drug-likeness (QED) is 0.111. The van der Waals surface area contributed by atoms with Crippen molar-refractivity contribution in [3.05, 3.63) is 227 Å². The Labute approximate surface area is 421 Å². The van der Waals surface area contributed by atoms with Gasteiger partial charge in [0.05, 0.1) is 5.69 Å². The van der Waals surface area contributed by atoms with Crippen molar-refractivity contribution in [2.45, 2.75) is 87.0 Å². The third kappa shape index (κ3) is 8.10. The van der Waals surface area contributed by atoms with E-state index in [-0.39, 0.29) is 10.8 Å². The predicted octanol–water partition coefficient (Wildman–Crippen LogP) is 20.1. The number of fused-ring (bicyclic) bond motifs is 2. The van der Waals surface area contributed by atoms with Gasteiger partial charge in [0.15, 0.2) is 0 Å². The van der Waals surface area contributed by atoms with Crippen molar-refractivity contribution in [3.8, 4) is 22.3 Å². The molecule has 2 heteroatoms. The van der Waals surface area contributed by atoms with E-state index in [4.69, 9.17) is 0 Å². The third-order valence-corrected chi connectivity index (χ3v) is 15.0. The van der Waals surface area contributed by atoms with E-state index < -0.39 is 0 Å². The van der Waals surface area contributed by atoms with E-state index in [2.05, 4.69) is 274 Å². The molecular formula is C69H64N2. The van der Waals surface area contributed by atoms with Gasteiger partial charge in [0, 0.05) is 28.4 Å². The van der Waals surface area contributed by atoms with Gasteiger partial charge in [-0.05, 0) is 193 Å². The van der Waals surface area contributed by atoms with Crippen LogP contribution in [0.1, 0.15) is 80.5 Å². The van der Waals surface area contributed by atoms with Gasteiger partial charge >= 0.3 is 0 Å². The summed E-state index contributed by atoms with van der Waals surface area (Å²) in [4.78, 5) is 4.84. The van der Waals surface area contributed by atoms with Crippen LogP contribution in [0.25, 0.3) is 65.3 Å². The lowest BCUT2D eigenvalue weighted by Gasteiger charge is -2.31. The Kier molecular flexibility index (Phi) is 11.2. The Hall–Kier alpha value is -7.68. The minimum absolute atomic E-state index is 0.0693. The fourth-order valence-corrected chi connectivity index (χ4v) is 11.1. The first-order valence-corrected chi connectivity index (χ1v) is 25.3. The molecule has 0 aromatic heterocycles. The molecule has 2 nitrogen and oxygen atoms in total. The van der Waals surface area contributed by atoms with E-state index in [1.165, 1.54) is 116 Å². The van der Waals surface area contributed by atoms with E-state index in [0.717, 1.165) is 22.7 Å². The van der Waals surface area contributed by atoms with Crippen molar-refractivity contribution in [3.63, 3.8) is 0 Å². The Morgan fingerprint density at radius 1 is 0.310 bits per heavy atom. The van der Waals surface area contributed by atoms with Crippen molar-refractivity contribution in [1.82, 2.24) is 0 Å². The molecule has 0 fully saturated rings. The lowest BCUT2D eigenvalue weighted by molar-refractivity contribution is 0.589. The topological polar surface area (TPSA) is 6.48 Å². The highest BCUT2D eigenvalue weighted by Crippen LogP contribution is 2.47. The van der Waals surface area contributed by atoms with E-state index in [0.29, 0.717) is 0 Å². The van der Waals surface area contributed by atoms with Gasteiger partial charge in [-0.2, -0.15) is 0 Å². The highest BCUT2D eigenvalue weighted by Gasteiger charge is 2.24. The minimum atomic E-state index is 0.0693. The number of nitrogens with zero attached hydrogens (tertiary/aromatic N) is 2. The molecule has 0 saturated carbocycles. The molecule has 0 radical (unpaired) electrons. The van der Waals surface area contributed by atoms with Crippen molar-refractivity contribution >= 4 is 77.2 Å². The molecule has 11 aromatic carbocycles. The molecule has 71 heavy (non-hydrogen) atoms. The Morgan fingerprint density at radius 3 is 1.08 bits per heavy atom. The van der Waals surface area contributed by atoms with Crippen molar-refractivity contribution < 1.29 is 0 Å². The lowest BCUT2D eigenvalue weighted by atomic mass is 9.84. The molecule has 0 heterocycles. The van der Waals surface area contributed by atoms with Crippen LogP contribution in [0.15, 0.2) is 188 Å². The summed E-state index contributed by atoms with van der Waals surface area (Å²) in [5.74, 6) is 0. The zero-order chi connectivity index (χ0) is 49.5. The summed E-state index contributed by atoms with van der Waals surface area (Å²) in [6.45, 7) is 24.8. The fraction of sp³-hybridized carbons (Fsp3) is 0.188. The number of rotatable bonds is 8. The molecule has 0 bridgehead atoms. The van der Waals surface area contributed by atoms with Crippen molar-refractivity contribution in [1.29, 1.82) is 0 Å². The first-order chi connectivity index (χ1) is 34.0. The smallest absolute Gasteiger partial charge is 0.0520 e. The largest absolute Gasteiger partial charge is 0.310 e. The SMILES string of the molecule is Cc1ccc(N(c2ccc(-c3ccc4c5cccc6c(-c7ccc(N(c8ccc(C)cc8)c8c(C)cc(C(C)(C)C)cc8C)cc7)ccc(c7cccc3c74)c65)cc2)c2ccc(C(C)(C)C)cc2C)cc1. The summed E-state index contributed by atoms with van der Waals surface area (Å²) in [5, 5.41) is 10.3. The summed E-state index contributed by atoms with van der Waals surface area (Å²) in [7, 11) is 0. The molecule has 0 aliphatic rings. The predicted molar refractivity (Wildman–Crippen MR) is 309 cm³/mol. The molecule has 0 aliphatic carbocycles. The maximum atomic E-state index is 2.44. The zero-order valence-electron chi connectivity index (χ0n) is 43.3. The van der Waals surface area contributed by atoms with Gasteiger partial charge in [0.1, 0.15) is 0 Å². The summed E-state index contributed by atoms with van der Waals surface area (Å²) in [6.07, 6.45) is 0. The Bertz CT molecular complexity index is 3740. The summed E-state index contributed by atoms with van der Waals surface area (Å²) in [6, 6.07) is 71.1. The standard InChI is InChI=1S/C69H64N2/c1-43-18-27-52(28-19-43)70(64-39-26-50(40-45(64)3)68(6,7)8)53-31-22-48(23-32-53)56-35-37-62-61-17-13-15-59-57(36-38-63(66(59)61)60-16-12-14-58(56)65(60)62)49-24-33-55(34-25-49)71(54-29-20-44(2)21-30-54)67-46(4)41-51(42-47(67)5)69(9,10)11/h12-42H,1-11H3. The van der Waals surface area contributed by atoms with Crippen LogP contribution in [0.4, 0.5) is 34.1 Å². The fourth-order valence-electron chi connectivity index (χ4n) is 11.1. The highest BCUT2D eigenvalue weighted by atomic mass is 15.2. The number of hydrogen-bond acceptors (Lipinski definition) is 2. The van der Waals surface area contributed by atoms with Crippen LogP contribution in [0.3, 0.4) is 0 Å². The van der Waals surface area contributed by atoms with E-state index in [1.807, 2.05) is 0 Å². The van der Waals surface area contributed by atoms with E-state index in [1.54, 1.807) is 0 Å². The van der Waals surface area contributed by atoms with E-state index in [9.17, 15) is 0 Å². The van der Waals surface area contributed by atoms with Crippen LogP contribution in [-0.2, 0) is 10.8 Å². The minimum Gasteiger partial charge on any atom is -0.310 e. The number of hydrogen-bond donors (Lipinski definition) is 0. The first kappa shape index (κ1) is 45.7. The third-order valence-electron chi connectivity index (χ3n) is 15.0. The average molecular weight is 921 g/mol. The molecule has 0 saturated heterocycles. The molecule has 0 N–H and O–H groups in total. The molecular weight excluding hydrogens is 857 g/mol. The first-order valence-electron chi connectivity index (χ1n) is 25.3. The van der Waals surface area contributed by atoms with Crippen LogP contribution >= 0.6 is 0 Å². The molecule has 0 spiro atoms. The summed E-state index contributed by atoms with van der Waals surface area (Å²) >= 11 is 0. The second-order valence-corrected chi connectivity index (χ2v) is 22.2. The molecule has 0 unspecified atom stereocenters. The van der Waals surface area contributed by atoms with Gasteiger partial charge < -0.3 is 9.80 Å². The van der Waals surface area contributed by atoms with Gasteiger partial charge in [-0.15, -0.1) is 0 Å². The maximum Gasteiger partial charge on any atom is 0.0520 e. The Morgan fingerprint density at radius 2 is 0.676 bits per heavy atom. The van der Waals surface area contributed by atoms with Crippen LogP contribution in [0.5, 0.6) is 0 Å². The van der Waals surface area contributed by atoms with E-state index >= 15 is 0 Å². The second kappa shape index (κ2) is 17.3. The van der Waals surface area contributed by atoms with Gasteiger partial charge in [0.2, 0.25) is 0 Å². The second-order valence-electron chi connectivity index (χ2n) is 22.2. The molecule has 0 aliphatic heterocycles. The zero-order valence-corrected chi connectivity index (χ0v) is 43.3. The van der Waals surface area contributed by atoms with Crippen LogP contribution in [0.2, 0.25) is 0 Å². The Balaban J connectivity index is 0.982. The highest BCUT2D eigenvalue weighted by molar-refractivity contribution is 6.35. The lowest BCUT2D eigenvalue weighted by Crippen LogP contribution is -2.16. The van der Waals surface area contributed by atoms with Crippen molar-refractivity contribution in [2.24, 2.45) is 0 Å². The van der Waals surface area contributed by atoms with Crippen molar-refractivity contribution in [2.75, 3.05) is 9.80 Å².